The number of sulfonamides is 1. The minimum atomic E-state index is -3.43. The molecule has 0 amide bonds. The topological polar surface area (TPSA) is 91.8 Å². The number of thiophene rings is 1. The van der Waals surface area contributed by atoms with E-state index < -0.39 is 10.0 Å². The van der Waals surface area contributed by atoms with Gasteiger partial charge in [0.2, 0.25) is 10.0 Å². The molecule has 0 spiro atoms. The fourth-order valence-electron chi connectivity index (χ4n) is 2.04. The summed E-state index contributed by atoms with van der Waals surface area (Å²) >= 11 is 1.19. The van der Waals surface area contributed by atoms with Gasteiger partial charge in [0, 0.05) is 26.7 Å². The molecule has 1 aromatic carbocycles. The summed E-state index contributed by atoms with van der Waals surface area (Å²) in [4.78, 5) is 4.12. The van der Waals surface area contributed by atoms with E-state index in [-0.39, 0.29) is 30.5 Å². The van der Waals surface area contributed by atoms with Crippen LogP contribution in [0.25, 0.3) is 0 Å². The minimum absolute atomic E-state index is 0. The van der Waals surface area contributed by atoms with Gasteiger partial charge in [-0.1, -0.05) is 18.2 Å². The molecular formula is C16H23IN4O3S2. The van der Waals surface area contributed by atoms with Crippen molar-refractivity contribution >= 4 is 51.3 Å². The number of benzene rings is 1. The summed E-state index contributed by atoms with van der Waals surface area (Å²) in [6.07, 6.45) is 0. The molecule has 2 aromatic rings. The Morgan fingerprint density at radius 2 is 2.00 bits per heavy atom. The second kappa shape index (κ2) is 11.4. The predicted molar refractivity (Wildman–Crippen MR) is 116 cm³/mol. The molecule has 10 heteroatoms. The number of halogens is 1. The molecule has 2 rings (SSSR count). The van der Waals surface area contributed by atoms with Crippen molar-refractivity contribution < 1.29 is 13.2 Å². The van der Waals surface area contributed by atoms with Gasteiger partial charge in [-0.25, -0.2) is 13.1 Å². The fourth-order valence-corrected chi connectivity index (χ4v) is 4.11. The zero-order valence-corrected chi connectivity index (χ0v) is 18.5. The minimum Gasteiger partial charge on any atom is -0.497 e. The first kappa shape index (κ1) is 22.7. The first-order valence-corrected chi connectivity index (χ1v) is 10.0. The summed E-state index contributed by atoms with van der Waals surface area (Å²) in [7, 11) is -0.138. The average Bonchev–Trinajstić information content (AvgIpc) is 3.17. The molecule has 0 aliphatic carbocycles. The number of nitrogens with zero attached hydrogens (tertiary/aromatic N) is 1. The summed E-state index contributed by atoms with van der Waals surface area (Å²) < 4.78 is 32.0. The quantitative estimate of drug-likeness (QED) is 0.219. The Bertz CT molecular complexity index is 796. The molecule has 0 saturated heterocycles. The van der Waals surface area contributed by atoms with Crippen LogP contribution in [0.4, 0.5) is 0 Å². The molecule has 3 N–H and O–H groups in total. The second-order valence-electron chi connectivity index (χ2n) is 5.03. The summed E-state index contributed by atoms with van der Waals surface area (Å²) in [5.74, 6) is 1.39. The Morgan fingerprint density at radius 1 is 1.19 bits per heavy atom. The van der Waals surface area contributed by atoms with E-state index in [4.69, 9.17) is 4.74 Å². The zero-order chi connectivity index (χ0) is 18.1. The van der Waals surface area contributed by atoms with Crippen molar-refractivity contribution in [3.05, 3.63) is 47.3 Å². The summed E-state index contributed by atoms with van der Waals surface area (Å²) in [6, 6.07) is 11.0. The molecule has 0 aliphatic rings. The average molecular weight is 510 g/mol. The number of aliphatic imine (C=N–C) groups is 1. The fraction of sp³-hybridized carbons (Fsp3) is 0.312. The van der Waals surface area contributed by atoms with Crippen molar-refractivity contribution in [2.24, 2.45) is 4.99 Å². The van der Waals surface area contributed by atoms with Gasteiger partial charge in [0.05, 0.1) is 7.11 Å². The number of hydrogen-bond donors (Lipinski definition) is 3. The molecule has 0 fully saturated rings. The van der Waals surface area contributed by atoms with Crippen LogP contribution in [-0.4, -0.2) is 41.6 Å². The van der Waals surface area contributed by atoms with Gasteiger partial charge in [-0.05, 0) is 29.1 Å². The number of ether oxygens (including phenoxy) is 1. The smallest absolute Gasteiger partial charge is 0.250 e. The van der Waals surface area contributed by atoms with Crippen LogP contribution in [0.5, 0.6) is 5.75 Å². The first-order valence-electron chi connectivity index (χ1n) is 7.66. The number of guanidine groups is 1. The Kier molecular flexibility index (Phi) is 9.91. The molecule has 1 heterocycles. The van der Waals surface area contributed by atoms with Crippen LogP contribution in [0.1, 0.15) is 5.56 Å². The zero-order valence-electron chi connectivity index (χ0n) is 14.6. The van der Waals surface area contributed by atoms with Crippen LogP contribution in [0.2, 0.25) is 0 Å². The molecule has 144 valence electrons. The van der Waals surface area contributed by atoms with Gasteiger partial charge in [-0.15, -0.1) is 35.3 Å². The van der Waals surface area contributed by atoms with Gasteiger partial charge in [0.15, 0.2) is 5.96 Å². The van der Waals surface area contributed by atoms with Crippen LogP contribution in [0.3, 0.4) is 0 Å². The summed E-state index contributed by atoms with van der Waals surface area (Å²) in [6.45, 7) is 1.26. The lowest BCUT2D eigenvalue weighted by atomic mass is 10.2. The van der Waals surface area contributed by atoms with Gasteiger partial charge >= 0.3 is 0 Å². The monoisotopic (exact) mass is 510 g/mol. The molecule has 1 aromatic heterocycles. The van der Waals surface area contributed by atoms with Gasteiger partial charge in [-0.3, -0.25) is 4.99 Å². The van der Waals surface area contributed by atoms with E-state index >= 15 is 0 Å². The number of nitrogens with one attached hydrogen (secondary N) is 3. The maximum atomic E-state index is 12.0. The van der Waals surface area contributed by atoms with E-state index in [0.29, 0.717) is 23.3 Å². The highest BCUT2D eigenvalue weighted by atomic mass is 127. The number of hydrogen-bond acceptors (Lipinski definition) is 5. The Labute approximate surface area is 175 Å². The van der Waals surface area contributed by atoms with Crippen molar-refractivity contribution in [3.8, 4) is 5.75 Å². The molecule has 7 nitrogen and oxygen atoms in total. The lowest BCUT2D eigenvalue weighted by Gasteiger charge is -2.12. The molecular weight excluding hydrogens is 487 g/mol. The summed E-state index contributed by atoms with van der Waals surface area (Å²) in [5.41, 5.74) is 1.06. The lowest BCUT2D eigenvalue weighted by molar-refractivity contribution is 0.414. The van der Waals surface area contributed by atoms with Crippen molar-refractivity contribution in [1.82, 2.24) is 15.4 Å². The Hall–Kier alpha value is -1.37. The van der Waals surface area contributed by atoms with Crippen molar-refractivity contribution in [2.75, 3.05) is 27.2 Å². The predicted octanol–water partition coefficient (Wildman–Crippen LogP) is 2.02. The molecule has 0 aliphatic heterocycles. The third-order valence-corrected chi connectivity index (χ3v) is 6.15. The summed E-state index contributed by atoms with van der Waals surface area (Å²) in [5, 5.41) is 7.97. The van der Waals surface area contributed by atoms with Crippen LogP contribution in [0.15, 0.2) is 51.0 Å². The maximum Gasteiger partial charge on any atom is 0.250 e. The van der Waals surface area contributed by atoms with Gasteiger partial charge < -0.3 is 15.4 Å². The molecule has 26 heavy (non-hydrogen) atoms. The molecule has 0 atom stereocenters. The molecule has 0 radical (unpaired) electrons. The van der Waals surface area contributed by atoms with E-state index in [9.17, 15) is 8.42 Å². The Balaban J connectivity index is 0.00000338. The van der Waals surface area contributed by atoms with Gasteiger partial charge in [0.1, 0.15) is 9.96 Å². The largest absolute Gasteiger partial charge is 0.497 e. The first-order chi connectivity index (χ1) is 12.0. The SMILES string of the molecule is CN=C(NCCNS(=O)(=O)c1cccs1)NCc1cccc(OC)c1.I. The number of methoxy groups -OCH3 is 1. The van der Waals surface area contributed by atoms with Crippen LogP contribution in [-0.2, 0) is 16.6 Å². The molecule has 0 saturated carbocycles. The van der Waals surface area contributed by atoms with Crippen molar-refractivity contribution in [3.63, 3.8) is 0 Å². The van der Waals surface area contributed by atoms with Crippen LogP contribution < -0.4 is 20.1 Å². The highest BCUT2D eigenvalue weighted by Crippen LogP contribution is 2.14. The van der Waals surface area contributed by atoms with E-state index in [0.717, 1.165) is 11.3 Å². The van der Waals surface area contributed by atoms with Crippen molar-refractivity contribution in [2.45, 2.75) is 10.8 Å². The third kappa shape index (κ3) is 7.09. The highest BCUT2D eigenvalue weighted by molar-refractivity contribution is 14.0. The Morgan fingerprint density at radius 3 is 2.65 bits per heavy atom. The van der Waals surface area contributed by atoms with E-state index in [1.165, 1.54) is 11.3 Å². The molecule has 0 bridgehead atoms. The van der Waals surface area contributed by atoms with Crippen LogP contribution in [0, 0.1) is 0 Å². The third-order valence-electron chi connectivity index (χ3n) is 3.29. The van der Waals surface area contributed by atoms with E-state index in [1.807, 2.05) is 24.3 Å². The van der Waals surface area contributed by atoms with E-state index in [2.05, 4.69) is 20.3 Å². The van der Waals surface area contributed by atoms with E-state index in [1.54, 1.807) is 31.7 Å². The normalized spacial score (nSPS) is 11.5. The molecule has 0 unspecified atom stereocenters. The van der Waals surface area contributed by atoms with Gasteiger partial charge in [-0.2, -0.15) is 0 Å². The number of rotatable bonds is 8. The maximum absolute atomic E-state index is 12.0. The van der Waals surface area contributed by atoms with Gasteiger partial charge in [0.25, 0.3) is 0 Å². The highest BCUT2D eigenvalue weighted by Gasteiger charge is 2.13. The second-order valence-corrected chi connectivity index (χ2v) is 7.98. The van der Waals surface area contributed by atoms with Crippen molar-refractivity contribution in [1.29, 1.82) is 0 Å². The standard InChI is InChI=1S/C16H22N4O3S2.HI/c1-17-16(19-12-13-5-3-6-14(11-13)23-2)18-8-9-20-25(21,22)15-7-4-10-24-15;/h3-7,10-11,20H,8-9,12H2,1-2H3,(H2,17,18,19);1H. The van der Waals surface area contributed by atoms with Crippen LogP contribution >= 0.6 is 35.3 Å². The lowest BCUT2D eigenvalue weighted by Crippen LogP contribution is -2.41.